The van der Waals surface area contributed by atoms with Crippen molar-refractivity contribution in [3.8, 4) is 11.5 Å². The Morgan fingerprint density at radius 1 is 1.36 bits per heavy atom. The standard InChI is InChI=1S/C9H7N2O.ClH.Mg/c1-7-11-6-9(12-7)8-4-2-3-5-10-8;;/h2,4-6H,1H3;1H;/q-1;;+2/p-1. The van der Waals surface area contributed by atoms with E-state index in [0.717, 1.165) is 5.69 Å². The molecule has 0 amide bonds. The molecule has 0 atom stereocenters. The van der Waals surface area contributed by atoms with E-state index in [-0.39, 0.29) is 35.5 Å². The molecule has 2 aromatic rings. The Morgan fingerprint density at radius 2 is 2.14 bits per heavy atom. The quantitative estimate of drug-likeness (QED) is 0.431. The Morgan fingerprint density at radius 3 is 2.64 bits per heavy atom. The zero-order chi connectivity index (χ0) is 8.39. The second kappa shape index (κ2) is 6.00. The van der Waals surface area contributed by atoms with Crippen LogP contribution in [0.3, 0.4) is 0 Å². The maximum Gasteiger partial charge on any atom is 2.00 e. The number of rotatable bonds is 1. The molecular formula is C9H7ClMgN2O. The van der Waals surface area contributed by atoms with Crippen molar-refractivity contribution in [2.45, 2.75) is 6.92 Å². The van der Waals surface area contributed by atoms with Crippen LogP contribution in [0.2, 0.25) is 0 Å². The molecule has 0 spiro atoms. The van der Waals surface area contributed by atoms with E-state index in [2.05, 4.69) is 16.0 Å². The summed E-state index contributed by atoms with van der Waals surface area (Å²) < 4.78 is 5.28. The van der Waals surface area contributed by atoms with Gasteiger partial charge < -0.3 is 16.8 Å². The fourth-order valence-electron chi connectivity index (χ4n) is 0.945. The molecule has 2 heterocycles. The number of nitrogens with zero attached hydrogens (tertiary/aromatic N) is 2. The van der Waals surface area contributed by atoms with Gasteiger partial charge in [0.2, 0.25) is 0 Å². The van der Waals surface area contributed by atoms with E-state index in [1.165, 1.54) is 0 Å². The molecule has 0 aliphatic rings. The number of pyridine rings is 1. The number of oxazole rings is 1. The first-order valence-corrected chi connectivity index (χ1v) is 3.61. The van der Waals surface area contributed by atoms with Crippen molar-refractivity contribution in [3.05, 3.63) is 36.5 Å². The van der Waals surface area contributed by atoms with Crippen molar-refractivity contribution in [3.63, 3.8) is 0 Å². The zero-order valence-corrected chi connectivity index (χ0v) is 9.87. The molecule has 0 saturated heterocycles. The van der Waals surface area contributed by atoms with Crippen LogP contribution in [0.5, 0.6) is 0 Å². The van der Waals surface area contributed by atoms with Crippen LogP contribution in [0.1, 0.15) is 5.89 Å². The zero-order valence-electron chi connectivity index (χ0n) is 7.70. The van der Waals surface area contributed by atoms with Gasteiger partial charge in [-0.2, -0.15) is 6.07 Å². The van der Waals surface area contributed by atoms with Crippen LogP contribution in [-0.2, 0) is 0 Å². The first-order chi connectivity index (χ1) is 5.86. The molecule has 0 unspecified atom stereocenters. The van der Waals surface area contributed by atoms with Crippen molar-refractivity contribution >= 4 is 23.1 Å². The predicted molar refractivity (Wildman–Crippen MR) is 49.1 cm³/mol. The first-order valence-electron chi connectivity index (χ1n) is 3.61. The third kappa shape index (κ3) is 2.97. The fourth-order valence-corrected chi connectivity index (χ4v) is 0.945. The van der Waals surface area contributed by atoms with Gasteiger partial charge in [-0.15, -0.1) is 0 Å². The molecule has 0 aromatic carbocycles. The summed E-state index contributed by atoms with van der Waals surface area (Å²) in [7, 11) is 0. The van der Waals surface area contributed by atoms with Crippen molar-refractivity contribution in [2.75, 3.05) is 0 Å². The molecular weight excluding hydrogens is 212 g/mol. The molecule has 0 aliphatic heterocycles. The van der Waals surface area contributed by atoms with Gasteiger partial charge >= 0.3 is 23.1 Å². The third-order valence-corrected chi connectivity index (χ3v) is 1.49. The average molecular weight is 219 g/mol. The van der Waals surface area contributed by atoms with E-state index in [1.54, 1.807) is 25.4 Å². The number of aryl methyl sites for hydroxylation is 1. The molecule has 2 rings (SSSR count). The molecule has 2 aromatic heterocycles. The topological polar surface area (TPSA) is 38.9 Å². The van der Waals surface area contributed by atoms with Gasteiger partial charge in [0.15, 0.2) is 11.7 Å². The average Bonchev–Trinajstić information content (AvgIpc) is 2.54. The molecule has 0 N–H and O–H groups in total. The maximum atomic E-state index is 5.28. The Bertz CT molecular complexity index is 377. The van der Waals surface area contributed by atoms with E-state index >= 15 is 0 Å². The van der Waals surface area contributed by atoms with Crippen molar-refractivity contribution in [1.82, 2.24) is 9.97 Å². The summed E-state index contributed by atoms with van der Waals surface area (Å²) in [6, 6.07) is 6.46. The van der Waals surface area contributed by atoms with Gasteiger partial charge in [0.25, 0.3) is 0 Å². The van der Waals surface area contributed by atoms with Crippen LogP contribution in [0.15, 0.2) is 28.9 Å². The second-order valence-corrected chi connectivity index (χ2v) is 2.39. The van der Waals surface area contributed by atoms with Crippen molar-refractivity contribution in [1.29, 1.82) is 0 Å². The van der Waals surface area contributed by atoms with E-state index < -0.39 is 0 Å². The van der Waals surface area contributed by atoms with E-state index in [0.29, 0.717) is 11.7 Å². The van der Waals surface area contributed by atoms with Crippen LogP contribution in [0.25, 0.3) is 11.5 Å². The fraction of sp³-hybridized carbons (Fsp3) is 0.111. The molecule has 5 heteroatoms. The summed E-state index contributed by atoms with van der Waals surface area (Å²) >= 11 is 0. The molecule has 0 radical (unpaired) electrons. The molecule has 0 saturated carbocycles. The van der Waals surface area contributed by atoms with Crippen LogP contribution < -0.4 is 12.4 Å². The number of halogens is 1. The minimum Gasteiger partial charge on any atom is -1.00 e. The number of aromatic nitrogens is 2. The van der Waals surface area contributed by atoms with Gasteiger partial charge in [0, 0.05) is 12.6 Å². The number of hydrogen-bond acceptors (Lipinski definition) is 3. The Balaban J connectivity index is 0.000000845. The van der Waals surface area contributed by atoms with Gasteiger partial charge in [-0.25, -0.2) is 17.1 Å². The Labute approximate surface area is 105 Å². The van der Waals surface area contributed by atoms with Crippen LogP contribution >= 0.6 is 0 Å². The van der Waals surface area contributed by atoms with Gasteiger partial charge in [0.1, 0.15) is 0 Å². The summed E-state index contributed by atoms with van der Waals surface area (Å²) in [4.78, 5) is 8.05. The predicted octanol–water partition coefficient (Wildman–Crippen LogP) is -1.53. The largest absolute Gasteiger partial charge is 2.00 e. The molecule has 0 bridgehead atoms. The van der Waals surface area contributed by atoms with Gasteiger partial charge in [-0.1, -0.05) is 6.20 Å². The molecule has 0 fully saturated rings. The van der Waals surface area contributed by atoms with Crippen molar-refractivity contribution < 1.29 is 16.8 Å². The normalized spacial score (nSPS) is 8.64. The summed E-state index contributed by atoms with van der Waals surface area (Å²) in [6.45, 7) is 1.80. The van der Waals surface area contributed by atoms with Crippen LogP contribution in [-0.4, -0.2) is 33.0 Å². The minimum absolute atomic E-state index is 0. The van der Waals surface area contributed by atoms with Crippen LogP contribution in [0, 0.1) is 13.0 Å². The third-order valence-electron chi connectivity index (χ3n) is 1.49. The van der Waals surface area contributed by atoms with Gasteiger partial charge in [-0.3, -0.25) is 4.98 Å². The van der Waals surface area contributed by atoms with Crippen LogP contribution in [0.4, 0.5) is 0 Å². The Kier molecular flexibility index (Phi) is 5.75. The molecule has 3 nitrogen and oxygen atoms in total. The summed E-state index contributed by atoms with van der Waals surface area (Å²) in [5, 5.41) is 0. The Hall–Kier alpha value is -0.584. The summed E-state index contributed by atoms with van der Waals surface area (Å²) in [5.41, 5.74) is 0.786. The first kappa shape index (κ1) is 13.4. The monoisotopic (exact) mass is 218 g/mol. The van der Waals surface area contributed by atoms with Crippen molar-refractivity contribution in [2.24, 2.45) is 0 Å². The second-order valence-electron chi connectivity index (χ2n) is 2.39. The van der Waals surface area contributed by atoms with E-state index in [4.69, 9.17) is 4.42 Å². The summed E-state index contributed by atoms with van der Waals surface area (Å²) in [5.74, 6) is 1.35. The maximum absolute atomic E-state index is 5.28. The number of hydrogen-bond donors (Lipinski definition) is 0. The minimum atomic E-state index is 0. The molecule has 14 heavy (non-hydrogen) atoms. The molecule has 0 aliphatic carbocycles. The van der Waals surface area contributed by atoms with Gasteiger partial charge in [-0.05, 0) is 0 Å². The van der Waals surface area contributed by atoms with Gasteiger partial charge in [0.05, 0.1) is 6.20 Å². The summed E-state index contributed by atoms with van der Waals surface area (Å²) in [6.07, 6.45) is 3.27. The SMILES string of the molecule is Cc1ncc(-c2cc[c-]cn2)o1.[Cl-].[Mg+2]. The van der Waals surface area contributed by atoms with E-state index in [1.807, 2.05) is 6.07 Å². The smallest absolute Gasteiger partial charge is 1.00 e. The van der Waals surface area contributed by atoms with E-state index in [9.17, 15) is 0 Å². The molecule has 68 valence electrons.